The average molecular weight is 956 g/mol. The maximum atomic E-state index is 6.96. The number of hydrogen-bond donors (Lipinski definition) is 0. The van der Waals surface area contributed by atoms with Gasteiger partial charge in [0.1, 0.15) is 188 Å². The molecule has 4 aromatic rings. The molecule has 0 saturated carbocycles. The molecule has 4 aliphatic rings. The largest absolute Gasteiger partial charge is 0.151 e. The summed E-state index contributed by atoms with van der Waals surface area (Å²) in [4.78, 5) is 0. The van der Waals surface area contributed by atoms with E-state index in [0.29, 0.717) is 0 Å². The van der Waals surface area contributed by atoms with E-state index in [1.165, 1.54) is 170 Å². The highest BCUT2D eigenvalue weighted by Gasteiger charge is 2.58. The molecular weight excluding hydrogens is 895 g/mol. The van der Waals surface area contributed by atoms with Crippen molar-refractivity contribution < 1.29 is 0 Å². The molecule has 1 spiro atoms. The molecular formula is C52H61B25. The summed E-state index contributed by atoms with van der Waals surface area (Å²) in [6.07, 6.45) is 22.4. The van der Waals surface area contributed by atoms with Gasteiger partial charge in [-0.25, -0.2) is 0 Å². The Morgan fingerprint density at radius 1 is 0.571 bits per heavy atom. The number of allylic oxidation sites excluding steroid dienone is 17. The van der Waals surface area contributed by atoms with Gasteiger partial charge in [0.2, 0.25) is 0 Å². The van der Waals surface area contributed by atoms with Crippen LogP contribution in [0.1, 0.15) is 39.8 Å². The fourth-order valence-electron chi connectivity index (χ4n) is 14.9. The minimum atomic E-state index is -0.383. The SMILES string of the molecule is BC/C(B)=C(/B)c1c(C#C)c2c(C(/C(B)=C(/B)Cc3c(B)c(B)c4c(c3B)C3(C/C(=C(B)\C(B)=C(\B)C#C)C5=C3C(B)C#CC(B)=C5B)C3=C4C(B)=C(B)C3B)=C(\B)C#C)c(B)c(B)c(B)c2c2c(B)c(B)c(B)c(B)c12. The molecule has 8 rings (SSSR count). The molecule has 3 atom stereocenters. The molecule has 4 aliphatic carbocycles. The normalized spacial score (nSPS) is 20.5. The van der Waals surface area contributed by atoms with Crippen LogP contribution in [0.15, 0.2) is 82.5 Å². The fraction of sp³-hybridized carbons (Fsp3) is 0.115. The topological polar surface area (TPSA) is 0 Å². The molecule has 77 heavy (non-hydrogen) atoms. The van der Waals surface area contributed by atoms with Gasteiger partial charge in [0.15, 0.2) is 7.85 Å². The number of terminal acetylenes is 3. The molecule has 0 aliphatic heterocycles. The lowest BCUT2D eigenvalue weighted by Gasteiger charge is -2.39. The Bertz CT molecular complexity index is 4040. The Labute approximate surface area is 486 Å². The van der Waals surface area contributed by atoms with E-state index in [2.05, 4.69) is 226 Å². The molecule has 0 radical (unpaired) electrons. The van der Waals surface area contributed by atoms with Gasteiger partial charge in [-0.15, -0.1) is 58.0 Å². The van der Waals surface area contributed by atoms with Crippen molar-refractivity contribution in [2.45, 2.75) is 36.2 Å². The van der Waals surface area contributed by atoms with Crippen LogP contribution in [-0.2, 0) is 11.8 Å². The van der Waals surface area contributed by atoms with E-state index < -0.39 is 0 Å². The molecule has 344 valence electrons. The number of hydrogen-bond acceptors (Lipinski definition) is 0. The predicted molar refractivity (Wildman–Crippen MR) is 416 cm³/mol. The minimum Gasteiger partial charge on any atom is -0.123 e. The van der Waals surface area contributed by atoms with Crippen LogP contribution in [0.3, 0.4) is 0 Å². The lowest BCUT2D eigenvalue weighted by atomic mass is 9.53. The highest BCUT2D eigenvalue weighted by atomic mass is 14.6. The summed E-state index contributed by atoms with van der Waals surface area (Å²) in [7, 11) is 57.7. The lowest BCUT2D eigenvalue weighted by Crippen LogP contribution is -2.49. The van der Waals surface area contributed by atoms with Crippen LogP contribution in [0.25, 0.3) is 38.2 Å². The monoisotopic (exact) mass is 961 g/mol. The van der Waals surface area contributed by atoms with E-state index in [0.717, 1.165) is 52.1 Å². The first-order chi connectivity index (χ1) is 36.1. The van der Waals surface area contributed by atoms with Gasteiger partial charge in [-0.1, -0.05) is 107 Å². The van der Waals surface area contributed by atoms with Gasteiger partial charge >= 0.3 is 0 Å². The summed E-state index contributed by atoms with van der Waals surface area (Å²) in [6, 6.07) is 0. The molecule has 0 nitrogen and oxygen atoms in total. The summed E-state index contributed by atoms with van der Waals surface area (Å²) in [5, 5.41) is 4.99. The zero-order valence-electron chi connectivity index (χ0n) is 52.0. The molecule has 0 fully saturated rings. The Morgan fingerprint density at radius 2 is 1.13 bits per heavy atom. The molecule has 0 amide bonds. The van der Waals surface area contributed by atoms with Gasteiger partial charge < -0.3 is 0 Å². The van der Waals surface area contributed by atoms with Gasteiger partial charge in [0, 0.05) is 22.2 Å². The van der Waals surface area contributed by atoms with E-state index >= 15 is 0 Å². The molecule has 0 saturated heterocycles. The van der Waals surface area contributed by atoms with E-state index in [4.69, 9.17) is 19.3 Å². The summed E-state index contributed by atoms with van der Waals surface area (Å²) >= 11 is 0. The predicted octanol–water partition coefficient (Wildman–Crippen LogP) is -21.2. The van der Waals surface area contributed by atoms with Crippen LogP contribution < -0.4 is 54.6 Å². The third-order valence-electron chi connectivity index (χ3n) is 21.1. The lowest BCUT2D eigenvalue weighted by molar-refractivity contribution is 0.609. The Morgan fingerprint density at radius 3 is 1.69 bits per heavy atom. The van der Waals surface area contributed by atoms with Crippen molar-refractivity contribution in [3.63, 3.8) is 0 Å². The maximum Gasteiger partial charge on any atom is 0.151 e. The van der Waals surface area contributed by atoms with Gasteiger partial charge in [-0.2, -0.15) is 0 Å². The van der Waals surface area contributed by atoms with E-state index in [9.17, 15) is 0 Å². The summed E-state index contributed by atoms with van der Waals surface area (Å²) in [5.41, 5.74) is 43.8. The molecule has 0 N–H and O–H groups in total. The molecule has 3 unspecified atom stereocenters. The number of fused-ring (bicyclic) bond motifs is 8. The van der Waals surface area contributed by atoms with E-state index in [1.54, 1.807) is 5.57 Å². The first kappa shape index (κ1) is 58.1. The van der Waals surface area contributed by atoms with Crippen LogP contribution in [0.5, 0.6) is 0 Å². The highest BCUT2D eigenvalue weighted by Crippen LogP contribution is 2.67. The molecule has 0 heterocycles. The van der Waals surface area contributed by atoms with E-state index in [1.807, 2.05) is 0 Å². The number of benzene rings is 4. The van der Waals surface area contributed by atoms with Crippen molar-refractivity contribution in [1.82, 2.24) is 0 Å². The standard InChI is InChI=1S/C52H61B25/c1-4-12-21-25(41(67)48(74)42(68)26(21)28-27(22(12)39(65)20(59)11-53)43(69)50(76)51(77)44(28)70)24(15(54)5-2)38(64)19(58)9-13-34(60)32-29(45(71)35(13)61)30-33(47(73)49(75)46(30)72)52(32)10-14(36(62)40(66)16(55)6-3)23-31(52)17(56)7-8-18(57)37(23)63/h1-3,17,47H,9-11,53-77H2/b24-15+,36-14-,38-19-,39-20-,40-16-. The summed E-state index contributed by atoms with van der Waals surface area (Å²) in [5.74, 6) is 17.4. The van der Waals surface area contributed by atoms with Crippen LogP contribution >= 0.6 is 0 Å². The van der Waals surface area contributed by atoms with Crippen molar-refractivity contribution in [2.75, 3.05) is 0 Å². The van der Waals surface area contributed by atoms with Crippen molar-refractivity contribution in [3.05, 3.63) is 116 Å². The zero-order valence-corrected chi connectivity index (χ0v) is 52.0. The average Bonchev–Trinajstić information content (AvgIpc) is 4.17. The molecule has 0 aromatic heterocycles. The summed E-state index contributed by atoms with van der Waals surface area (Å²) < 4.78 is 0. The summed E-state index contributed by atoms with van der Waals surface area (Å²) in [6.45, 7) is 0. The smallest absolute Gasteiger partial charge is 0.123 e. The second-order valence-corrected chi connectivity index (χ2v) is 24.2. The minimum absolute atomic E-state index is 0.0361. The highest BCUT2D eigenvalue weighted by molar-refractivity contribution is 6.71. The maximum absolute atomic E-state index is 6.96. The van der Waals surface area contributed by atoms with Crippen LogP contribution in [0.4, 0.5) is 0 Å². The Kier molecular flexibility index (Phi) is 15.7. The first-order valence-corrected chi connectivity index (χ1v) is 28.4. The van der Waals surface area contributed by atoms with Crippen LogP contribution in [-0.4, -0.2) is 196 Å². The Hall–Kier alpha value is -5.08. The van der Waals surface area contributed by atoms with Crippen molar-refractivity contribution in [1.29, 1.82) is 0 Å². The quantitative estimate of drug-likeness (QED) is 0.0749. The second-order valence-electron chi connectivity index (χ2n) is 24.2. The molecule has 0 bridgehead atoms. The van der Waals surface area contributed by atoms with Crippen molar-refractivity contribution in [2.24, 2.45) is 0 Å². The first-order valence-electron chi connectivity index (χ1n) is 28.4. The third-order valence-corrected chi connectivity index (χ3v) is 21.1. The third kappa shape index (κ3) is 8.18. The van der Waals surface area contributed by atoms with Gasteiger partial charge in [-0.3, -0.25) is 0 Å². The van der Waals surface area contributed by atoms with E-state index in [-0.39, 0.29) is 17.0 Å². The molecule has 4 aromatic carbocycles. The fourth-order valence-corrected chi connectivity index (χ4v) is 14.9. The van der Waals surface area contributed by atoms with Crippen LogP contribution in [0, 0.1) is 48.9 Å². The second kappa shape index (κ2) is 20.9. The van der Waals surface area contributed by atoms with Gasteiger partial charge in [0.05, 0.1) is 0 Å². The zero-order chi connectivity index (χ0) is 57.3. The number of rotatable bonds is 7. The van der Waals surface area contributed by atoms with Crippen molar-refractivity contribution in [3.8, 4) is 48.9 Å². The molecule has 25 heteroatoms. The van der Waals surface area contributed by atoms with Gasteiger partial charge in [0.25, 0.3) is 0 Å². The van der Waals surface area contributed by atoms with Crippen molar-refractivity contribution >= 4 is 289 Å². The van der Waals surface area contributed by atoms with Gasteiger partial charge in [-0.05, 0) is 107 Å². The Balaban J connectivity index is 1.49. The van der Waals surface area contributed by atoms with Crippen LogP contribution in [0.2, 0.25) is 18.0 Å².